The van der Waals surface area contributed by atoms with Gasteiger partial charge in [-0.3, -0.25) is 0 Å². The van der Waals surface area contributed by atoms with Crippen molar-refractivity contribution >= 4 is 17.4 Å². The highest BCUT2D eigenvalue weighted by Gasteiger charge is 2.25. The minimum Gasteiger partial charge on any atom is -0.358 e. The molecule has 4 heteroatoms. The molecule has 1 unspecified atom stereocenters. The third-order valence-corrected chi connectivity index (χ3v) is 3.28. The fourth-order valence-electron chi connectivity index (χ4n) is 1.79. The number of aromatic nitrogens is 1. The minimum absolute atomic E-state index is 0.390. The number of nitrogens with zero attached hydrogens (tertiary/aromatic N) is 1. The molecular formula is C14H16ClN3. The summed E-state index contributed by atoms with van der Waals surface area (Å²) in [6.45, 7) is 2.48. The zero-order chi connectivity index (χ0) is 13.0. The summed E-state index contributed by atoms with van der Waals surface area (Å²) in [6, 6.07) is 13.6. The first-order valence-corrected chi connectivity index (χ1v) is 6.18. The molecule has 1 heterocycles. The summed E-state index contributed by atoms with van der Waals surface area (Å²) in [7, 11) is 0. The standard InChI is InChI=1S/C14H16ClN3/c1-14(10-16,11-6-3-2-4-7-11)18-13-12(15)8-5-9-17-13/h2-9H,10,16H2,1H3,(H,17,18). The SMILES string of the molecule is CC(CN)(Nc1ncccc1Cl)c1ccccc1. The molecule has 2 rings (SSSR count). The van der Waals surface area contributed by atoms with Gasteiger partial charge in [0.25, 0.3) is 0 Å². The van der Waals surface area contributed by atoms with E-state index in [1.165, 1.54) is 0 Å². The van der Waals surface area contributed by atoms with Crippen LogP contribution >= 0.6 is 11.6 Å². The highest BCUT2D eigenvalue weighted by molar-refractivity contribution is 6.32. The van der Waals surface area contributed by atoms with Gasteiger partial charge in [-0.15, -0.1) is 0 Å². The number of benzene rings is 1. The van der Waals surface area contributed by atoms with Crippen molar-refractivity contribution in [3.05, 3.63) is 59.2 Å². The van der Waals surface area contributed by atoms with Gasteiger partial charge in [0.2, 0.25) is 0 Å². The highest BCUT2D eigenvalue weighted by Crippen LogP contribution is 2.27. The van der Waals surface area contributed by atoms with Crippen molar-refractivity contribution in [2.75, 3.05) is 11.9 Å². The highest BCUT2D eigenvalue weighted by atomic mass is 35.5. The van der Waals surface area contributed by atoms with E-state index in [9.17, 15) is 0 Å². The lowest BCUT2D eigenvalue weighted by atomic mass is 9.92. The Balaban J connectivity index is 2.32. The maximum Gasteiger partial charge on any atom is 0.145 e. The van der Waals surface area contributed by atoms with Gasteiger partial charge in [0.1, 0.15) is 5.82 Å². The van der Waals surface area contributed by atoms with Crippen LogP contribution in [0.4, 0.5) is 5.82 Å². The van der Waals surface area contributed by atoms with Crippen LogP contribution in [0.3, 0.4) is 0 Å². The van der Waals surface area contributed by atoms with Gasteiger partial charge in [-0.2, -0.15) is 0 Å². The van der Waals surface area contributed by atoms with Gasteiger partial charge < -0.3 is 11.1 Å². The van der Waals surface area contributed by atoms with E-state index in [2.05, 4.69) is 10.3 Å². The van der Waals surface area contributed by atoms with E-state index >= 15 is 0 Å². The van der Waals surface area contributed by atoms with Crippen molar-refractivity contribution in [3.63, 3.8) is 0 Å². The molecule has 0 saturated heterocycles. The van der Waals surface area contributed by atoms with Gasteiger partial charge in [-0.1, -0.05) is 41.9 Å². The summed E-state index contributed by atoms with van der Waals surface area (Å²) in [6.07, 6.45) is 1.70. The first kappa shape index (κ1) is 12.9. The van der Waals surface area contributed by atoms with Crippen molar-refractivity contribution in [1.29, 1.82) is 0 Å². The molecular weight excluding hydrogens is 246 g/mol. The Morgan fingerprint density at radius 1 is 1.22 bits per heavy atom. The largest absolute Gasteiger partial charge is 0.358 e. The smallest absolute Gasteiger partial charge is 0.145 e. The second kappa shape index (κ2) is 5.38. The van der Waals surface area contributed by atoms with Crippen molar-refractivity contribution in [1.82, 2.24) is 4.98 Å². The third kappa shape index (κ3) is 2.63. The van der Waals surface area contributed by atoms with Crippen LogP contribution in [-0.2, 0) is 5.54 Å². The molecule has 0 radical (unpaired) electrons. The van der Waals surface area contributed by atoms with Crippen LogP contribution in [-0.4, -0.2) is 11.5 Å². The predicted molar refractivity (Wildman–Crippen MR) is 75.7 cm³/mol. The Labute approximate surface area is 112 Å². The number of rotatable bonds is 4. The van der Waals surface area contributed by atoms with E-state index in [4.69, 9.17) is 17.3 Å². The van der Waals surface area contributed by atoms with Crippen molar-refractivity contribution in [2.45, 2.75) is 12.5 Å². The molecule has 0 aliphatic carbocycles. The predicted octanol–water partition coefficient (Wildman–Crippen LogP) is 3.02. The van der Waals surface area contributed by atoms with Crippen LogP contribution in [0.5, 0.6) is 0 Å². The average molecular weight is 262 g/mol. The fourth-order valence-corrected chi connectivity index (χ4v) is 1.95. The number of nitrogens with two attached hydrogens (primary N) is 1. The summed E-state index contributed by atoms with van der Waals surface area (Å²) in [5, 5.41) is 3.91. The molecule has 94 valence electrons. The first-order valence-electron chi connectivity index (χ1n) is 5.80. The van der Waals surface area contributed by atoms with Gasteiger partial charge in [0.05, 0.1) is 10.6 Å². The van der Waals surface area contributed by atoms with E-state index < -0.39 is 0 Å². The molecule has 1 aromatic carbocycles. The van der Waals surface area contributed by atoms with Crippen LogP contribution in [0, 0.1) is 0 Å². The van der Waals surface area contributed by atoms with Crippen LogP contribution in [0.25, 0.3) is 0 Å². The molecule has 1 atom stereocenters. The van der Waals surface area contributed by atoms with Crippen molar-refractivity contribution in [3.8, 4) is 0 Å². The maximum absolute atomic E-state index is 6.11. The van der Waals surface area contributed by atoms with Crippen molar-refractivity contribution < 1.29 is 0 Å². The Morgan fingerprint density at radius 2 is 1.94 bits per heavy atom. The quantitative estimate of drug-likeness (QED) is 0.890. The van der Waals surface area contributed by atoms with Gasteiger partial charge in [-0.25, -0.2) is 4.98 Å². The zero-order valence-electron chi connectivity index (χ0n) is 10.2. The Morgan fingerprint density at radius 3 is 2.56 bits per heavy atom. The number of anilines is 1. The molecule has 0 aliphatic heterocycles. The summed E-state index contributed by atoms with van der Waals surface area (Å²) >= 11 is 6.11. The number of nitrogens with one attached hydrogen (secondary N) is 1. The van der Waals surface area contributed by atoms with Crippen LogP contribution in [0.15, 0.2) is 48.7 Å². The Kier molecular flexibility index (Phi) is 3.84. The average Bonchev–Trinajstić information content (AvgIpc) is 2.42. The second-order valence-electron chi connectivity index (χ2n) is 4.36. The number of halogens is 1. The molecule has 0 fully saturated rings. The molecule has 2 aromatic rings. The normalized spacial score (nSPS) is 13.9. The second-order valence-corrected chi connectivity index (χ2v) is 4.77. The van der Waals surface area contributed by atoms with Crippen molar-refractivity contribution in [2.24, 2.45) is 5.73 Å². The monoisotopic (exact) mass is 261 g/mol. The maximum atomic E-state index is 6.11. The molecule has 0 spiro atoms. The van der Waals surface area contributed by atoms with Crippen LogP contribution in [0.2, 0.25) is 5.02 Å². The van der Waals surface area contributed by atoms with Gasteiger partial charge in [0, 0.05) is 12.7 Å². The lowest BCUT2D eigenvalue weighted by Gasteiger charge is -2.31. The third-order valence-electron chi connectivity index (χ3n) is 2.97. The molecule has 0 saturated carbocycles. The summed E-state index contributed by atoms with van der Waals surface area (Å²) < 4.78 is 0. The molecule has 3 N–H and O–H groups in total. The van der Waals surface area contributed by atoms with Gasteiger partial charge in [-0.05, 0) is 24.6 Å². The van der Waals surface area contributed by atoms with Crippen LogP contribution < -0.4 is 11.1 Å². The number of pyridine rings is 1. The molecule has 3 nitrogen and oxygen atoms in total. The molecule has 0 aliphatic rings. The first-order chi connectivity index (χ1) is 8.65. The molecule has 1 aromatic heterocycles. The summed E-state index contributed by atoms with van der Waals surface area (Å²) in [5.41, 5.74) is 6.62. The van der Waals surface area contributed by atoms with E-state index in [0.717, 1.165) is 5.56 Å². The number of hydrogen-bond donors (Lipinski definition) is 2. The Hall–Kier alpha value is -1.58. The van der Waals surface area contributed by atoms with E-state index in [1.807, 2.05) is 37.3 Å². The molecule has 0 amide bonds. The minimum atomic E-state index is -0.390. The summed E-state index contributed by atoms with van der Waals surface area (Å²) in [4.78, 5) is 4.24. The zero-order valence-corrected chi connectivity index (χ0v) is 11.0. The molecule has 18 heavy (non-hydrogen) atoms. The molecule has 0 bridgehead atoms. The van der Waals surface area contributed by atoms with E-state index in [0.29, 0.717) is 17.4 Å². The topological polar surface area (TPSA) is 50.9 Å². The van der Waals surface area contributed by atoms with E-state index in [-0.39, 0.29) is 5.54 Å². The number of hydrogen-bond acceptors (Lipinski definition) is 3. The van der Waals surface area contributed by atoms with Crippen LogP contribution in [0.1, 0.15) is 12.5 Å². The van der Waals surface area contributed by atoms with Gasteiger partial charge >= 0.3 is 0 Å². The van der Waals surface area contributed by atoms with Gasteiger partial charge in [0.15, 0.2) is 0 Å². The summed E-state index contributed by atoms with van der Waals surface area (Å²) in [5.74, 6) is 0.649. The Bertz CT molecular complexity index is 515. The van der Waals surface area contributed by atoms with E-state index in [1.54, 1.807) is 18.3 Å². The fraction of sp³-hybridized carbons (Fsp3) is 0.214. The lowest BCUT2D eigenvalue weighted by molar-refractivity contribution is 0.554. The lowest BCUT2D eigenvalue weighted by Crippen LogP contribution is -2.40.